The first-order chi connectivity index (χ1) is 9.29. The monoisotopic (exact) mass is 257 g/mol. The lowest BCUT2D eigenvalue weighted by Crippen LogP contribution is -2.39. The predicted molar refractivity (Wildman–Crippen MR) is 77.9 cm³/mol. The molecule has 0 saturated carbocycles. The maximum atomic E-state index is 8.93. The standard InChI is InChI=1S/C16H23N3/c1-18-11-5-12-19(14-16(18)8-10-17)13-9-15-6-3-2-4-7-15/h2-4,6-7,16H,5,8-9,11-14H2,1H3. The Morgan fingerprint density at radius 2 is 2.05 bits per heavy atom. The number of nitrogens with zero attached hydrogens (tertiary/aromatic N) is 3. The Labute approximate surface area is 116 Å². The fourth-order valence-electron chi connectivity index (χ4n) is 2.72. The first kappa shape index (κ1) is 14.0. The summed E-state index contributed by atoms with van der Waals surface area (Å²) in [6.07, 6.45) is 2.94. The molecule has 1 fully saturated rings. The molecular formula is C16H23N3. The van der Waals surface area contributed by atoms with Crippen molar-refractivity contribution in [2.75, 3.05) is 33.2 Å². The van der Waals surface area contributed by atoms with E-state index in [4.69, 9.17) is 5.26 Å². The number of hydrogen-bond acceptors (Lipinski definition) is 3. The van der Waals surface area contributed by atoms with E-state index in [1.807, 2.05) is 0 Å². The van der Waals surface area contributed by atoms with Crippen molar-refractivity contribution in [3.8, 4) is 6.07 Å². The molecule has 0 radical (unpaired) electrons. The highest BCUT2D eigenvalue weighted by atomic mass is 15.2. The van der Waals surface area contributed by atoms with Gasteiger partial charge in [-0.05, 0) is 38.5 Å². The number of likely N-dealkylation sites (N-methyl/N-ethyl adjacent to an activating group) is 1. The molecule has 3 heteroatoms. The quantitative estimate of drug-likeness (QED) is 0.828. The van der Waals surface area contributed by atoms with Crippen LogP contribution in [0.25, 0.3) is 0 Å². The largest absolute Gasteiger partial charge is 0.301 e. The minimum absolute atomic E-state index is 0.392. The SMILES string of the molecule is CN1CCCN(CCc2ccccc2)CC1CC#N. The Kier molecular flexibility index (Phi) is 5.38. The molecule has 1 aliphatic rings. The van der Waals surface area contributed by atoms with Gasteiger partial charge >= 0.3 is 0 Å². The van der Waals surface area contributed by atoms with Gasteiger partial charge in [-0.1, -0.05) is 30.3 Å². The average molecular weight is 257 g/mol. The highest BCUT2D eigenvalue weighted by Gasteiger charge is 2.21. The third-order valence-electron chi connectivity index (χ3n) is 3.96. The Bertz CT molecular complexity index is 410. The normalized spacial score (nSPS) is 21.8. The summed E-state index contributed by atoms with van der Waals surface area (Å²) in [7, 11) is 2.14. The molecule has 1 aromatic rings. The molecule has 102 valence electrons. The topological polar surface area (TPSA) is 30.3 Å². The van der Waals surface area contributed by atoms with Crippen molar-refractivity contribution in [2.24, 2.45) is 0 Å². The van der Waals surface area contributed by atoms with Crippen molar-refractivity contribution in [2.45, 2.75) is 25.3 Å². The van der Waals surface area contributed by atoms with Crippen LogP contribution in [0.5, 0.6) is 0 Å². The van der Waals surface area contributed by atoms with Crippen LogP contribution >= 0.6 is 0 Å². The van der Waals surface area contributed by atoms with E-state index in [0.717, 1.165) is 32.6 Å². The minimum atomic E-state index is 0.392. The summed E-state index contributed by atoms with van der Waals surface area (Å²) in [6, 6.07) is 13.4. The van der Waals surface area contributed by atoms with Gasteiger partial charge in [-0.2, -0.15) is 5.26 Å². The molecular weight excluding hydrogens is 234 g/mol. The smallest absolute Gasteiger partial charge is 0.0638 e. The second kappa shape index (κ2) is 7.28. The van der Waals surface area contributed by atoms with Crippen molar-refractivity contribution in [3.63, 3.8) is 0 Å². The summed E-state index contributed by atoms with van der Waals surface area (Å²) in [5.74, 6) is 0. The van der Waals surface area contributed by atoms with Crippen molar-refractivity contribution in [3.05, 3.63) is 35.9 Å². The van der Waals surface area contributed by atoms with Gasteiger partial charge < -0.3 is 9.80 Å². The first-order valence-corrected chi connectivity index (χ1v) is 7.13. The van der Waals surface area contributed by atoms with E-state index in [9.17, 15) is 0 Å². The molecule has 1 aromatic carbocycles. The van der Waals surface area contributed by atoms with E-state index in [2.05, 4.69) is 53.2 Å². The van der Waals surface area contributed by atoms with Crippen LogP contribution in [0.4, 0.5) is 0 Å². The van der Waals surface area contributed by atoms with Crippen LogP contribution in [0, 0.1) is 11.3 Å². The molecule has 0 aromatic heterocycles. The highest BCUT2D eigenvalue weighted by Crippen LogP contribution is 2.12. The summed E-state index contributed by atoms with van der Waals surface area (Å²) in [5, 5.41) is 8.93. The second-order valence-electron chi connectivity index (χ2n) is 5.39. The summed E-state index contributed by atoms with van der Waals surface area (Å²) < 4.78 is 0. The van der Waals surface area contributed by atoms with E-state index in [1.54, 1.807) is 0 Å². The molecule has 1 aliphatic heterocycles. The Morgan fingerprint density at radius 3 is 2.79 bits per heavy atom. The molecule has 1 unspecified atom stereocenters. The zero-order valence-electron chi connectivity index (χ0n) is 11.8. The molecule has 1 heterocycles. The molecule has 2 rings (SSSR count). The summed E-state index contributed by atoms with van der Waals surface area (Å²) in [5.41, 5.74) is 1.40. The molecule has 3 nitrogen and oxygen atoms in total. The lowest BCUT2D eigenvalue weighted by atomic mass is 10.1. The van der Waals surface area contributed by atoms with Gasteiger partial charge in [-0.3, -0.25) is 0 Å². The Hall–Kier alpha value is -1.37. The predicted octanol–water partition coefficient (Wildman–Crippen LogP) is 2.15. The van der Waals surface area contributed by atoms with Crippen LogP contribution < -0.4 is 0 Å². The van der Waals surface area contributed by atoms with Crippen LogP contribution in [0.15, 0.2) is 30.3 Å². The fraction of sp³-hybridized carbons (Fsp3) is 0.562. The summed E-state index contributed by atoms with van der Waals surface area (Å²) in [6.45, 7) is 4.38. The van der Waals surface area contributed by atoms with Gasteiger partial charge in [0.15, 0.2) is 0 Å². The first-order valence-electron chi connectivity index (χ1n) is 7.13. The molecule has 19 heavy (non-hydrogen) atoms. The number of benzene rings is 1. The zero-order valence-corrected chi connectivity index (χ0v) is 11.8. The Balaban J connectivity index is 1.87. The minimum Gasteiger partial charge on any atom is -0.301 e. The van der Waals surface area contributed by atoms with Crippen molar-refractivity contribution in [1.82, 2.24) is 9.80 Å². The van der Waals surface area contributed by atoms with Crippen LogP contribution in [0.3, 0.4) is 0 Å². The van der Waals surface area contributed by atoms with E-state index in [-0.39, 0.29) is 0 Å². The zero-order chi connectivity index (χ0) is 13.5. The lowest BCUT2D eigenvalue weighted by Gasteiger charge is -2.27. The van der Waals surface area contributed by atoms with Gasteiger partial charge in [0.2, 0.25) is 0 Å². The number of nitriles is 1. The molecule has 0 amide bonds. The van der Waals surface area contributed by atoms with Crippen LogP contribution in [-0.4, -0.2) is 49.1 Å². The van der Waals surface area contributed by atoms with Gasteiger partial charge in [-0.15, -0.1) is 0 Å². The van der Waals surface area contributed by atoms with Crippen molar-refractivity contribution in [1.29, 1.82) is 5.26 Å². The maximum Gasteiger partial charge on any atom is 0.0638 e. The molecule has 0 spiro atoms. The summed E-state index contributed by atoms with van der Waals surface area (Å²) >= 11 is 0. The van der Waals surface area contributed by atoms with Gasteiger partial charge in [0.25, 0.3) is 0 Å². The molecule has 0 aliphatic carbocycles. The number of hydrogen-bond donors (Lipinski definition) is 0. The van der Waals surface area contributed by atoms with E-state index in [1.165, 1.54) is 12.0 Å². The fourth-order valence-corrected chi connectivity index (χ4v) is 2.72. The van der Waals surface area contributed by atoms with Gasteiger partial charge in [0.1, 0.15) is 0 Å². The lowest BCUT2D eigenvalue weighted by molar-refractivity contribution is 0.211. The molecule has 1 atom stereocenters. The second-order valence-corrected chi connectivity index (χ2v) is 5.39. The molecule has 1 saturated heterocycles. The van der Waals surface area contributed by atoms with Crippen LogP contribution in [0.2, 0.25) is 0 Å². The van der Waals surface area contributed by atoms with Crippen LogP contribution in [-0.2, 0) is 6.42 Å². The molecule has 0 N–H and O–H groups in total. The molecule has 0 bridgehead atoms. The third-order valence-corrected chi connectivity index (χ3v) is 3.96. The Morgan fingerprint density at radius 1 is 1.26 bits per heavy atom. The maximum absolute atomic E-state index is 8.93. The van der Waals surface area contributed by atoms with Gasteiger partial charge in [-0.25, -0.2) is 0 Å². The number of rotatable bonds is 4. The van der Waals surface area contributed by atoms with E-state index in [0.29, 0.717) is 12.5 Å². The van der Waals surface area contributed by atoms with E-state index >= 15 is 0 Å². The highest BCUT2D eigenvalue weighted by molar-refractivity contribution is 5.14. The average Bonchev–Trinajstić information content (AvgIpc) is 2.61. The third kappa shape index (κ3) is 4.34. The van der Waals surface area contributed by atoms with E-state index < -0.39 is 0 Å². The van der Waals surface area contributed by atoms with Crippen molar-refractivity contribution < 1.29 is 0 Å². The van der Waals surface area contributed by atoms with Gasteiger partial charge in [0.05, 0.1) is 12.5 Å². The van der Waals surface area contributed by atoms with Crippen molar-refractivity contribution >= 4 is 0 Å². The summed E-state index contributed by atoms with van der Waals surface area (Å²) in [4.78, 5) is 4.85. The van der Waals surface area contributed by atoms with Gasteiger partial charge in [0, 0.05) is 19.1 Å². The van der Waals surface area contributed by atoms with Crippen LogP contribution in [0.1, 0.15) is 18.4 Å².